The van der Waals surface area contributed by atoms with E-state index >= 15 is 0 Å². The first kappa shape index (κ1) is 23.2. The number of aliphatic hydroxyl groups is 1. The van der Waals surface area contributed by atoms with E-state index in [1.165, 1.54) is 11.8 Å². The number of thioether (sulfide) groups is 1. The number of carbonyl (C=O) groups is 1. The minimum absolute atomic E-state index is 0. The fourth-order valence-corrected chi connectivity index (χ4v) is 0.806. The van der Waals surface area contributed by atoms with Crippen LogP contribution in [0.2, 0.25) is 0 Å². The standard InChI is InChI=1S/C5H10O3S.ClH.Mn.Zn/c1-9-3-2-4(6)5(7)8;;;/h4,6H,2-3H2,1H3,(H,7,8);1H;;/q;;;+2/p-2. The zero-order valence-corrected chi connectivity index (χ0v) is 12.3. The van der Waals surface area contributed by atoms with Crippen LogP contribution in [0.15, 0.2) is 0 Å². The monoisotopic (exact) mass is 303 g/mol. The molecule has 0 bridgehead atoms. The third-order valence-electron chi connectivity index (χ3n) is 0.867. The molecule has 1 atom stereocenters. The summed E-state index contributed by atoms with van der Waals surface area (Å²) >= 11 is 1.50. The number of carbonyl (C=O) groups excluding carboxylic acids is 1. The van der Waals surface area contributed by atoms with Gasteiger partial charge in [0.05, 0.1) is 12.1 Å². The van der Waals surface area contributed by atoms with Gasteiger partial charge in [0.1, 0.15) is 0 Å². The largest absolute Gasteiger partial charge is 2.00 e. The van der Waals surface area contributed by atoms with Crippen molar-refractivity contribution in [3.05, 3.63) is 0 Å². The van der Waals surface area contributed by atoms with Crippen molar-refractivity contribution in [1.29, 1.82) is 0 Å². The Morgan fingerprint density at radius 1 is 1.67 bits per heavy atom. The summed E-state index contributed by atoms with van der Waals surface area (Å²) in [5.41, 5.74) is 0. The second-order valence-corrected chi connectivity index (χ2v) is 2.60. The summed E-state index contributed by atoms with van der Waals surface area (Å²) in [6.45, 7) is 0. The van der Waals surface area contributed by atoms with Crippen molar-refractivity contribution >= 4 is 17.7 Å². The smallest absolute Gasteiger partial charge is 1.00 e. The van der Waals surface area contributed by atoms with Gasteiger partial charge in [-0.15, -0.1) is 0 Å². The molecule has 3 nitrogen and oxygen atoms in total. The van der Waals surface area contributed by atoms with Gasteiger partial charge in [0.25, 0.3) is 0 Å². The van der Waals surface area contributed by atoms with E-state index in [0.717, 1.165) is 0 Å². The molecule has 0 aliphatic heterocycles. The molecule has 0 spiro atoms. The van der Waals surface area contributed by atoms with E-state index < -0.39 is 12.1 Å². The molecule has 0 aliphatic carbocycles. The zero-order valence-electron chi connectivity index (χ0n) is 6.63. The van der Waals surface area contributed by atoms with Crippen LogP contribution in [-0.2, 0) is 41.3 Å². The second-order valence-electron chi connectivity index (χ2n) is 1.62. The van der Waals surface area contributed by atoms with Crippen molar-refractivity contribution in [1.82, 2.24) is 0 Å². The van der Waals surface area contributed by atoms with Crippen LogP contribution in [0.4, 0.5) is 0 Å². The maximum atomic E-state index is 9.83. The number of carboxylic acids is 1. The summed E-state index contributed by atoms with van der Waals surface area (Å²) in [7, 11) is 0. The Hall–Kier alpha value is 1.21. The predicted octanol–water partition coefficient (Wildman–Crippen LogP) is -4.15. The van der Waals surface area contributed by atoms with Gasteiger partial charge in [0.15, 0.2) is 0 Å². The average Bonchev–Trinajstić information content (AvgIpc) is 1.82. The van der Waals surface area contributed by atoms with Gasteiger partial charge in [-0.1, -0.05) is 0 Å². The number of halogens is 1. The van der Waals surface area contributed by atoms with Gasteiger partial charge in [-0.3, -0.25) is 0 Å². The van der Waals surface area contributed by atoms with Crippen LogP contribution in [0.1, 0.15) is 6.42 Å². The third-order valence-corrected chi connectivity index (χ3v) is 1.51. The Labute approximate surface area is 106 Å². The van der Waals surface area contributed by atoms with Gasteiger partial charge in [0.2, 0.25) is 0 Å². The molecule has 0 aromatic carbocycles. The fourth-order valence-electron chi connectivity index (χ4n) is 0.347. The number of rotatable bonds is 4. The molecule has 0 aliphatic rings. The summed E-state index contributed by atoms with van der Waals surface area (Å²) in [6.07, 6.45) is 0.823. The molecule has 1 N–H and O–H groups in total. The van der Waals surface area contributed by atoms with Gasteiger partial charge < -0.3 is 27.4 Å². The molecule has 0 saturated heterocycles. The minimum atomic E-state index is -1.39. The molecule has 0 fully saturated rings. The van der Waals surface area contributed by atoms with Crippen LogP contribution >= 0.6 is 11.8 Å². The molecule has 0 saturated carbocycles. The van der Waals surface area contributed by atoms with E-state index in [1.807, 2.05) is 6.26 Å². The quantitative estimate of drug-likeness (QED) is 0.536. The maximum absolute atomic E-state index is 9.83. The second kappa shape index (κ2) is 14.7. The molecule has 0 heterocycles. The van der Waals surface area contributed by atoms with Crippen LogP contribution in [0.25, 0.3) is 0 Å². The summed E-state index contributed by atoms with van der Waals surface area (Å²) in [6, 6.07) is 0. The van der Waals surface area contributed by atoms with Crippen molar-refractivity contribution < 1.29 is 64.0 Å². The average molecular weight is 305 g/mol. The van der Waals surface area contributed by atoms with Crippen molar-refractivity contribution in [2.24, 2.45) is 0 Å². The van der Waals surface area contributed by atoms with Gasteiger partial charge in [0, 0.05) is 17.1 Å². The van der Waals surface area contributed by atoms with E-state index in [4.69, 9.17) is 5.11 Å². The van der Waals surface area contributed by atoms with Crippen molar-refractivity contribution in [3.8, 4) is 0 Å². The van der Waals surface area contributed by atoms with Crippen molar-refractivity contribution in [2.75, 3.05) is 12.0 Å². The van der Waals surface area contributed by atoms with Crippen molar-refractivity contribution in [3.63, 3.8) is 0 Å². The number of aliphatic carboxylic acids is 1. The number of aliphatic hydroxyl groups excluding tert-OH is 1. The summed E-state index contributed by atoms with van der Waals surface area (Å²) in [5, 5.41) is 18.4. The molecular formula is C5H9ClMnO3SZn. The van der Waals surface area contributed by atoms with Gasteiger partial charge in [-0.25, -0.2) is 0 Å². The molecule has 0 aromatic heterocycles. The topological polar surface area (TPSA) is 60.4 Å². The SMILES string of the molecule is CSCCC(O)C(=O)[O-].[Cl-].[Mn].[Zn+2]. The molecule has 7 heteroatoms. The Morgan fingerprint density at radius 3 is 2.33 bits per heavy atom. The first-order chi connectivity index (χ1) is 4.18. The molecule has 1 unspecified atom stereocenters. The van der Waals surface area contributed by atoms with Crippen LogP contribution in [0, 0.1) is 0 Å². The molecule has 12 heavy (non-hydrogen) atoms. The Balaban J connectivity index is -0.000000107. The van der Waals surface area contributed by atoms with E-state index in [1.54, 1.807) is 0 Å². The summed E-state index contributed by atoms with van der Waals surface area (Å²) < 4.78 is 0. The molecule has 69 valence electrons. The first-order valence-corrected chi connectivity index (χ1v) is 3.95. The molecule has 0 rings (SSSR count). The third kappa shape index (κ3) is 13.8. The summed E-state index contributed by atoms with van der Waals surface area (Å²) in [4.78, 5) is 9.83. The normalized spacial score (nSPS) is 9.83. The number of hydrogen-bond acceptors (Lipinski definition) is 4. The predicted molar refractivity (Wildman–Crippen MR) is 34.0 cm³/mol. The molecule has 0 aromatic rings. The van der Waals surface area contributed by atoms with Crippen molar-refractivity contribution in [2.45, 2.75) is 12.5 Å². The molecule has 0 amide bonds. The van der Waals surface area contributed by atoms with Crippen LogP contribution in [0.3, 0.4) is 0 Å². The Bertz CT molecular complexity index is 109. The zero-order chi connectivity index (χ0) is 7.28. The minimum Gasteiger partial charge on any atom is -1.00 e. The van der Waals surface area contributed by atoms with Crippen LogP contribution in [-0.4, -0.2) is 29.2 Å². The molecular weight excluding hydrogens is 296 g/mol. The van der Waals surface area contributed by atoms with E-state index in [-0.39, 0.29) is 55.4 Å². The Morgan fingerprint density at radius 2 is 2.08 bits per heavy atom. The summed E-state index contributed by atoms with van der Waals surface area (Å²) in [5.74, 6) is -0.737. The Kier molecular flexibility index (Phi) is 28.5. The number of carboxylic acid groups (broad SMARTS) is 1. The molecule has 1 radical (unpaired) electrons. The first-order valence-electron chi connectivity index (χ1n) is 2.56. The van der Waals surface area contributed by atoms with Crippen LogP contribution < -0.4 is 17.5 Å². The van der Waals surface area contributed by atoms with Crippen LogP contribution in [0.5, 0.6) is 0 Å². The number of hydrogen-bond donors (Lipinski definition) is 1. The fraction of sp³-hybridized carbons (Fsp3) is 0.800. The van der Waals surface area contributed by atoms with Gasteiger partial charge in [-0.05, 0) is 18.4 Å². The van der Waals surface area contributed by atoms with E-state index in [2.05, 4.69) is 0 Å². The van der Waals surface area contributed by atoms with E-state index in [9.17, 15) is 9.90 Å². The van der Waals surface area contributed by atoms with Gasteiger partial charge in [-0.2, -0.15) is 11.8 Å². The van der Waals surface area contributed by atoms with Gasteiger partial charge >= 0.3 is 19.5 Å². The van der Waals surface area contributed by atoms with E-state index in [0.29, 0.717) is 5.75 Å². The maximum Gasteiger partial charge on any atom is 2.00 e.